The van der Waals surface area contributed by atoms with Crippen LogP contribution in [0.25, 0.3) is 0 Å². The molecule has 1 saturated heterocycles. The number of benzene rings is 2. The first kappa shape index (κ1) is 17.5. The highest BCUT2D eigenvalue weighted by atomic mass is 32.2. The van der Waals surface area contributed by atoms with Crippen molar-refractivity contribution in [1.82, 2.24) is 4.90 Å². The Labute approximate surface area is 148 Å². The lowest BCUT2D eigenvalue weighted by Gasteiger charge is -2.22. The third kappa shape index (κ3) is 4.02. The highest BCUT2D eigenvalue weighted by molar-refractivity contribution is 7.90. The minimum atomic E-state index is -3.47. The Morgan fingerprint density at radius 3 is 2.48 bits per heavy atom. The summed E-state index contributed by atoms with van der Waals surface area (Å²) in [6.07, 6.45) is 2.00. The molecule has 1 aliphatic rings. The maximum atomic E-state index is 12.6. The van der Waals surface area contributed by atoms with E-state index >= 15 is 0 Å². The van der Waals surface area contributed by atoms with Crippen LogP contribution in [-0.4, -0.2) is 31.9 Å². The van der Waals surface area contributed by atoms with Gasteiger partial charge in [0, 0.05) is 18.3 Å². The predicted molar refractivity (Wildman–Crippen MR) is 98.2 cm³/mol. The van der Waals surface area contributed by atoms with E-state index in [2.05, 4.69) is 5.32 Å². The van der Waals surface area contributed by atoms with Crippen LogP contribution in [0.5, 0.6) is 0 Å². The Kier molecular flexibility index (Phi) is 5.08. The molecule has 1 N–H and O–H groups in total. The zero-order chi connectivity index (χ0) is 17.9. The molecule has 1 fully saturated rings. The number of rotatable bonds is 4. The average molecular weight is 358 g/mol. The highest BCUT2D eigenvalue weighted by Gasteiger charge is 2.26. The Balaban J connectivity index is 1.81. The third-order valence-corrected chi connectivity index (χ3v) is 6.20. The first-order valence-electron chi connectivity index (χ1n) is 8.41. The van der Waals surface area contributed by atoms with Gasteiger partial charge in [-0.05, 0) is 43.5 Å². The van der Waals surface area contributed by atoms with E-state index < -0.39 is 9.84 Å². The van der Waals surface area contributed by atoms with Crippen molar-refractivity contribution >= 4 is 21.6 Å². The van der Waals surface area contributed by atoms with Crippen molar-refractivity contribution in [3.8, 4) is 0 Å². The number of sulfone groups is 1. The number of nitrogens with zero attached hydrogens (tertiary/aromatic N) is 1. The molecule has 0 radical (unpaired) electrons. The second-order valence-corrected chi connectivity index (χ2v) is 8.33. The van der Waals surface area contributed by atoms with E-state index in [9.17, 15) is 13.2 Å². The van der Waals surface area contributed by atoms with Crippen LogP contribution in [0.2, 0.25) is 0 Å². The van der Waals surface area contributed by atoms with E-state index in [1.807, 2.05) is 6.92 Å². The summed E-state index contributed by atoms with van der Waals surface area (Å²) in [5, 5.41) is 2.88. The topological polar surface area (TPSA) is 66.5 Å². The van der Waals surface area contributed by atoms with Gasteiger partial charge in [0.15, 0.2) is 9.84 Å². The van der Waals surface area contributed by atoms with Crippen molar-refractivity contribution in [2.24, 2.45) is 0 Å². The molecule has 6 heteroatoms. The SMILES string of the molecule is CC1CCCN1C(=O)Nc1ccccc1CS(=O)(=O)c1ccccc1. The monoisotopic (exact) mass is 358 g/mol. The Bertz CT molecular complexity index is 850. The van der Waals surface area contributed by atoms with Gasteiger partial charge in [0.2, 0.25) is 0 Å². The van der Waals surface area contributed by atoms with Gasteiger partial charge < -0.3 is 10.2 Å². The number of amides is 2. The van der Waals surface area contributed by atoms with Gasteiger partial charge in [-0.2, -0.15) is 0 Å². The minimum absolute atomic E-state index is 0.150. The van der Waals surface area contributed by atoms with Gasteiger partial charge in [-0.1, -0.05) is 36.4 Å². The maximum absolute atomic E-state index is 12.6. The lowest BCUT2D eigenvalue weighted by molar-refractivity contribution is 0.210. The average Bonchev–Trinajstić information content (AvgIpc) is 3.03. The molecule has 2 amide bonds. The number of carbonyl (C=O) groups is 1. The molecule has 0 spiro atoms. The fourth-order valence-corrected chi connectivity index (χ4v) is 4.51. The van der Waals surface area contributed by atoms with E-state index in [0.29, 0.717) is 11.3 Å². The summed E-state index contributed by atoms with van der Waals surface area (Å²) in [7, 11) is -3.47. The van der Waals surface area contributed by atoms with Crippen LogP contribution >= 0.6 is 0 Å². The smallest absolute Gasteiger partial charge is 0.322 e. The lowest BCUT2D eigenvalue weighted by atomic mass is 10.2. The first-order chi connectivity index (χ1) is 12.0. The van der Waals surface area contributed by atoms with Crippen LogP contribution in [0.3, 0.4) is 0 Å². The molecule has 3 rings (SSSR count). The number of hydrogen-bond donors (Lipinski definition) is 1. The Morgan fingerprint density at radius 1 is 1.12 bits per heavy atom. The number of hydrogen-bond acceptors (Lipinski definition) is 3. The van der Waals surface area contributed by atoms with E-state index in [1.165, 1.54) is 0 Å². The number of para-hydroxylation sites is 1. The van der Waals surface area contributed by atoms with Crippen LogP contribution in [0.1, 0.15) is 25.3 Å². The number of anilines is 1. The van der Waals surface area contributed by atoms with E-state index in [4.69, 9.17) is 0 Å². The molecule has 1 aliphatic heterocycles. The molecule has 0 aliphatic carbocycles. The number of likely N-dealkylation sites (tertiary alicyclic amines) is 1. The largest absolute Gasteiger partial charge is 0.322 e. The second kappa shape index (κ2) is 7.27. The summed E-state index contributed by atoms with van der Waals surface area (Å²) in [4.78, 5) is 14.6. The van der Waals surface area contributed by atoms with Gasteiger partial charge >= 0.3 is 6.03 Å². The molecule has 1 unspecified atom stereocenters. The molecule has 132 valence electrons. The molecule has 2 aromatic rings. The van der Waals surface area contributed by atoms with Gasteiger partial charge in [-0.25, -0.2) is 13.2 Å². The van der Waals surface area contributed by atoms with Crippen LogP contribution in [0.4, 0.5) is 10.5 Å². The predicted octanol–water partition coefficient (Wildman–Crippen LogP) is 3.68. The standard InChI is InChI=1S/C19H22N2O3S/c1-15-8-7-13-21(15)19(22)20-18-12-6-5-9-16(18)14-25(23,24)17-10-3-2-4-11-17/h2-6,9-12,15H,7-8,13-14H2,1H3,(H,20,22). The van der Waals surface area contributed by atoms with E-state index in [0.717, 1.165) is 19.4 Å². The molecule has 5 nitrogen and oxygen atoms in total. The fraction of sp³-hybridized carbons (Fsp3) is 0.316. The van der Waals surface area contributed by atoms with Gasteiger partial charge in [-0.15, -0.1) is 0 Å². The third-order valence-electron chi connectivity index (χ3n) is 4.52. The molecule has 0 bridgehead atoms. The Morgan fingerprint density at radius 2 is 1.80 bits per heavy atom. The summed E-state index contributed by atoms with van der Waals surface area (Å²) in [5.41, 5.74) is 1.14. The summed E-state index contributed by atoms with van der Waals surface area (Å²) in [6, 6.07) is 15.5. The summed E-state index contributed by atoms with van der Waals surface area (Å²) >= 11 is 0. The number of urea groups is 1. The molecular weight excluding hydrogens is 336 g/mol. The second-order valence-electron chi connectivity index (χ2n) is 6.34. The molecule has 25 heavy (non-hydrogen) atoms. The van der Waals surface area contributed by atoms with E-state index in [-0.39, 0.29) is 22.7 Å². The molecular formula is C19H22N2O3S. The van der Waals surface area contributed by atoms with Gasteiger partial charge in [-0.3, -0.25) is 0 Å². The first-order valence-corrected chi connectivity index (χ1v) is 10.1. The van der Waals surface area contributed by atoms with Crippen molar-refractivity contribution in [2.45, 2.75) is 36.5 Å². The van der Waals surface area contributed by atoms with Gasteiger partial charge in [0.25, 0.3) is 0 Å². The van der Waals surface area contributed by atoms with Crippen LogP contribution in [-0.2, 0) is 15.6 Å². The zero-order valence-electron chi connectivity index (χ0n) is 14.2. The van der Waals surface area contributed by atoms with Gasteiger partial charge in [0.1, 0.15) is 0 Å². The summed E-state index contributed by atoms with van der Waals surface area (Å²) < 4.78 is 25.2. The lowest BCUT2D eigenvalue weighted by Crippen LogP contribution is -2.37. The fourth-order valence-electron chi connectivity index (χ4n) is 3.11. The minimum Gasteiger partial charge on any atom is -0.322 e. The highest BCUT2D eigenvalue weighted by Crippen LogP contribution is 2.24. The quantitative estimate of drug-likeness (QED) is 0.907. The maximum Gasteiger partial charge on any atom is 0.322 e. The molecule has 0 saturated carbocycles. The summed E-state index contributed by atoms with van der Waals surface area (Å²) in [5.74, 6) is -0.150. The molecule has 2 aromatic carbocycles. The van der Waals surface area contributed by atoms with Crippen LogP contribution < -0.4 is 5.32 Å². The summed E-state index contributed by atoms with van der Waals surface area (Å²) in [6.45, 7) is 2.76. The molecule has 0 aromatic heterocycles. The van der Waals surface area contributed by atoms with Gasteiger partial charge in [0.05, 0.1) is 10.6 Å². The van der Waals surface area contributed by atoms with Crippen molar-refractivity contribution in [1.29, 1.82) is 0 Å². The van der Waals surface area contributed by atoms with Crippen molar-refractivity contribution in [3.63, 3.8) is 0 Å². The van der Waals surface area contributed by atoms with Crippen LogP contribution in [0.15, 0.2) is 59.5 Å². The van der Waals surface area contributed by atoms with Crippen molar-refractivity contribution < 1.29 is 13.2 Å². The normalized spacial score (nSPS) is 17.5. The van der Waals surface area contributed by atoms with E-state index in [1.54, 1.807) is 59.5 Å². The van der Waals surface area contributed by atoms with Crippen LogP contribution in [0, 0.1) is 0 Å². The van der Waals surface area contributed by atoms with Crippen molar-refractivity contribution in [3.05, 3.63) is 60.2 Å². The Hall–Kier alpha value is -2.34. The molecule has 1 heterocycles. The number of carbonyl (C=O) groups excluding carboxylic acids is 1. The van der Waals surface area contributed by atoms with Crippen molar-refractivity contribution in [2.75, 3.05) is 11.9 Å². The zero-order valence-corrected chi connectivity index (χ0v) is 15.0. The molecule has 1 atom stereocenters. The number of nitrogens with one attached hydrogen (secondary N) is 1.